The summed E-state index contributed by atoms with van der Waals surface area (Å²) in [5.41, 5.74) is -0.897. The number of hydrogen-bond acceptors (Lipinski definition) is 7. The Labute approximate surface area is 177 Å². The Balaban J connectivity index is 2.10. The van der Waals surface area contributed by atoms with E-state index >= 15 is 0 Å². The molecule has 0 bridgehead atoms. The number of ketones is 1. The van der Waals surface area contributed by atoms with Gasteiger partial charge in [-0.25, -0.2) is 9.69 Å². The number of anilines is 1. The number of methoxy groups -OCH3 is 1. The second-order valence-corrected chi connectivity index (χ2v) is 8.45. The fourth-order valence-corrected chi connectivity index (χ4v) is 4.32. The molecule has 0 N–H and O–H groups in total. The Bertz CT molecular complexity index is 939. The van der Waals surface area contributed by atoms with Gasteiger partial charge in [-0.05, 0) is 39.0 Å². The summed E-state index contributed by atoms with van der Waals surface area (Å²) in [6.07, 6.45) is 0.0681. The number of carbonyl (C=O) groups excluding carboxylic acids is 4. The third-order valence-corrected chi connectivity index (χ3v) is 5.29. The van der Waals surface area contributed by atoms with Gasteiger partial charge in [0.1, 0.15) is 17.7 Å². The first-order chi connectivity index (χ1) is 13.5. The van der Waals surface area contributed by atoms with E-state index < -0.39 is 35.3 Å². The molecular formula is C19H19Cl2N3O5. The number of imide groups is 1. The third-order valence-electron chi connectivity index (χ3n) is 4.85. The lowest BCUT2D eigenvalue weighted by Gasteiger charge is -2.36. The summed E-state index contributed by atoms with van der Waals surface area (Å²) in [4.78, 5) is 51.4. The summed E-state index contributed by atoms with van der Waals surface area (Å²) in [6, 6.07) is 3.26. The molecule has 0 saturated carbocycles. The number of fused-ring (bicyclic) bond motifs is 1. The van der Waals surface area contributed by atoms with Crippen LogP contribution in [0.25, 0.3) is 0 Å². The molecule has 0 aromatic heterocycles. The standard InChI is InChI=1S/C19H19Cl2N3O5/c1-9(25)8-19(2,3)24-15-13(14(22-24)18(28)29-4)16(26)23(17(15)27)12-6-10(20)5-11(21)7-12/h5-7,13,15H,8H2,1-4H3/t13-,15-/m1/s1. The molecule has 2 amide bonds. The highest BCUT2D eigenvalue weighted by Gasteiger charge is 2.61. The topological polar surface area (TPSA) is 96.3 Å². The van der Waals surface area contributed by atoms with Crippen molar-refractivity contribution >= 4 is 58.2 Å². The van der Waals surface area contributed by atoms with Gasteiger partial charge in [-0.1, -0.05) is 23.2 Å². The van der Waals surface area contributed by atoms with Gasteiger partial charge in [0.15, 0.2) is 5.71 Å². The lowest BCUT2D eigenvalue weighted by Crippen LogP contribution is -2.50. The summed E-state index contributed by atoms with van der Waals surface area (Å²) in [5, 5.41) is 6.10. The van der Waals surface area contributed by atoms with E-state index in [0.29, 0.717) is 0 Å². The Kier molecular flexibility index (Phi) is 5.44. The van der Waals surface area contributed by atoms with Crippen LogP contribution >= 0.6 is 23.2 Å². The number of halogens is 2. The molecule has 29 heavy (non-hydrogen) atoms. The summed E-state index contributed by atoms with van der Waals surface area (Å²) >= 11 is 12.1. The molecule has 2 atom stereocenters. The molecule has 1 saturated heterocycles. The molecule has 0 spiro atoms. The average Bonchev–Trinajstić information content (AvgIpc) is 3.10. The number of amides is 2. The van der Waals surface area contributed by atoms with E-state index in [2.05, 4.69) is 5.10 Å². The number of esters is 1. The van der Waals surface area contributed by atoms with Crippen LogP contribution in [0.15, 0.2) is 23.3 Å². The Hall–Kier alpha value is -2.45. The molecule has 0 unspecified atom stereocenters. The highest BCUT2D eigenvalue weighted by atomic mass is 35.5. The predicted molar refractivity (Wildman–Crippen MR) is 107 cm³/mol. The number of carbonyl (C=O) groups is 4. The fraction of sp³-hybridized carbons (Fsp3) is 0.421. The first kappa shape index (κ1) is 21.3. The first-order valence-corrected chi connectivity index (χ1v) is 9.53. The SMILES string of the molecule is COC(=O)C1=NN(C(C)(C)CC(C)=O)[C@H]2C(=O)N(c3cc(Cl)cc(Cl)c3)C(=O)[C@H]12. The molecule has 3 rings (SSSR count). The Morgan fingerprint density at radius 2 is 1.72 bits per heavy atom. The summed E-state index contributed by atoms with van der Waals surface area (Å²) in [5.74, 6) is -3.31. The van der Waals surface area contributed by atoms with Gasteiger partial charge in [0.2, 0.25) is 5.91 Å². The zero-order valence-corrected chi connectivity index (χ0v) is 17.7. The number of nitrogens with zero attached hydrogens (tertiary/aromatic N) is 3. The molecule has 10 heteroatoms. The Morgan fingerprint density at radius 3 is 2.24 bits per heavy atom. The Morgan fingerprint density at radius 1 is 1.14 bits per heavy atom. The minimum absolute atomic E-state index is 0.0681. The van der Waals surface area contributed by atoms with Crippen molar-refractivity contribution in [1.29, 1.82) is 0 Å². The van der Waals surface area contributed by atoms with Crippen molar-refractivity contribution < 1.29 is 23.9 Å². The fourth-order valence-electron chi connectivity index (χ4n) is 3.81. The van der Waals surface area contributed by atoms with Crippen LogP contribution in [-0.4, -0.2) is 53.0 Å². The van der Waals surface area contributed by atoms with E-state index in [1.165, 1.54) is 37.2 Å². The van der Waals surface area contributed by atoms with Gasteiger partial charge in [0, 0.05) is 16.5 Å². The quantitative estimate of drug-likeness (QED) is 0.516. The van der Waals surface area contributed by atoms with Gasteiger partial charge in [-0.15, -0.1) is 0 Å². The lowest BCUT2D eigenvalue weighted by molar-refractivity contribution is -0.133. The van der Waals surface area contributed by atoms with Crippen LogP contribution in [0.4, 0.5) is 5.69 Å². The molecule has 0 aliphatic carbocycles. The molecule has 1 aromatic rings. The van der Waals surface area contributed by atoms with E-state index in [9.17, 15) is 19.2 Å². The molecule has 1 aromatic carbocycles. The van der Waals surface area contributed by atoms with Gasteiger partial charge >= 0.3 is 5.97 Å². The highest BCUT2D eigenvalue weighted by molar-refractivity contribution is 6.46. The van der Waals surface area contributed by atoms with Gasteiger partial charge < -0.3 is 4.74 Å². The second-order valence-electron chi connectivity index (χ2n) is 7.57. The van der Waals surface area contributed by atoms with Gasteiger partial charge in [0.25, 0.3) is 5.91 Å². The van der Waals surface area contributed by atoms with Crippen molar-refractivity contribution in [3.05, 3.63) is 28.2 Å². The van der Waals surface area contributed by atoms with Crippen LogP contribution in [0.1, 0.15) is 27.2 Å². The van der Waals surface area contributed by atoms with E-state index in [1.54, 1.807) is 13.8 Å². The molecule has 154 valence electrons. The molecule has 2 heterocycles. The number of Topliss-reactive ketones (excluding diaryl/α,β-unsaturated/α-hetero) is 1. The van der Waals surface area contributed by atoms with Crippen molar-refractivity contribution in [2.75, 3.05) is 12.0 Å². The number of ether oxygens (including phenoxy) is 1. The van der Waals surface area contributed by atoms with E-state index in [0.717, 1.165) is 4.90 Å². The minimum Gasteiger partial charge on any atom is -0.464 e. The first-order valence-electron chi connectivity index (χ1n) is 8.77. The largest absolute Gasteiger partial charge is 0.464 e. The van der Waals surface area contributed by atoms with Gasteiger partial charge in [0.05, 0.1) is 18.3 Å². The maximum Gasteiger partial charge on any atom is 0.355 e. The van der Waals surface area contributed by atoms with E-state index in [-0.39, 0.29) is 33.6 Å². The minimum atomic E-state index is -1.15. The van der Waals surface area contributed by atoms with Crippen molar-refractivity contribution in [2.45, 2.75) is 38.8 Å². The van der Waals surface area contributed by atoms with Crippen molar-refractivity contribution in [2.24, 2.45) is 11.0 Å². The molecular weight excluding hydrogens is 421 g/mol. The maximum absolute atomic E-state index is 13.3. The van der Waals surface area contributed by atoms with E-state index in [1.807, 2.05) is 0 Å². The molecule has 1 fully saturated rings. The van der Waals surface area contributed by atoms with Gasteiger partial charge in [-0.3, -0.25) is 19.4 Å². The van der Waals surface area contributed by atoms with Crippen LogP contribution < -0.4 is 4.90 Å². The number of benzene rings is 1. The highest BCUT2D eigenvalue weighted by Crippen LogP contribution is 2.40. The molecule has 0 radical (unpaired) electrons. The van der Waals surface area contributed by atoms with Crippen LogP contribution in [0.3, 0.4) is 0 Å². The number of rotatable bonds is 5. The number of hydrazone groups is 1. The normalized spacial score (nSPS) is 21.4. The lowest BCUT2D eigenvalue weighted by atomic mass is 9.92. The summed E-state index contributed by atoms with van der Waals surface area (Å²) in [7, 11) is 1.17. The monoisotopic (exact) mass is 439 g/mol. The molecule has 2 aliphatic heterocycles. The van der Waals surface area contributed by atoms with E-state index in [4.69, 9.17) is 27.9 Å². The third kappa shape index (κ3) is 3.62. The van der Waals surface area contributed by atoms with Crippen molar-refractivity contribution in [3.8, 4) is 0 Å². The summed E-state index contributed by atoms with van der Waals surface area (Å²) in [6.45, 7) is 4.85. The van der Waals surface area contributed by atoms with Gasteiger partial charge in [-0.2, -0.15) is 5.10 Å². The second kappa shape index (κ2) is 7.42. The van der Waals surface area contributed by atoms with Crippen LogP contribution in [-0.2, 0) is 23.9 Å². The van der Waals surface area contributed by atoms with Crippen molar-refractivity contribution in [1.82, 2.24) is 5.01 Å². The molecule has 2 aliphatic rings. The zero-order valence-electron chi connectivity index (χ0n) is 16.2. The van der Waals surface area contributed by atoms with Crippen LogP contribution in [0.5, 0.6) is 0 Å². The van der Waals surface area contributed by atoms with Crippen LogP contribution in [0.2, 0.25) is 10.0 Å². The number of hydrogen-bond donors (Lipinski definition) is 0. The van der Waals surface area contributed by atoms with Crippen molar-refractivity contribution in [3.63, 3.8) is 0 Å². The average molecular weight is 440 g/mol. The predicted octanol–water partition coefficient (Wildman–Crippen LogP) is 2.45. The molecule has 8 nitrogen and oxygen atoms in total. The smallest absolute Gasteiger partial charge is 0.355 e. The zero-order chi connectivity index (χ0) is 21.7. The summed E-state index contributed by atoms with van der Waals surface area (Å²) < 4.78 is 4.76. The van der Waals surface area contributed by atoms with Crippen LogP contribution in [0, 0.1) is 5.92 Å². The maximum atomic E-state index is 13.3.